The second-order valence-electron chi connectivity index (χ2n) is 3.44. The highest BCUT2D eigenvalue weighted by Crippen LogP contribution is 2.33. The van der Waals surface area contributed by atoms with E-state index in [9.17, 15) is 0 Å². The van der Waals surface area contributed by atoms with E-state index in [0.29, 0.717) is 0 Å². The predicted octanol–water partition coefficient (Wildman–Crippen LogP) is 2.09. The number of rotatable bonds is 2. The maximum atomic E-state index is 6.11. The summed E-state index contributed by atoms with van der Waals surface area (Å²) >= 11 is 1.45. The molecule has 0 aliphatic rings. The Bertz CT molecular complexity index is 650. The van der Waals surface area contributed by atoms with Crippen molar-refractivity contribution in [2.24, 2.45) is 0 Å². The van der Waals surface area contributed by atoms with Gasteiger partial charge in [0.2, 0.25) is 0 Å². The molecule has 6 heteroatoms. The van der Waals surface area contributed by atoms with Gasteiger partial charge >= 0.3 is 0 Å². The number of benzene rings is 1. The first-order chi connectivity index (χ1) is 8.34. The second-order valence-corrected chi connectivity index (χ2v) is 4.47. The molecule has 0 amide bonds. The zero-order chi connectivity index (χ0) is 11.7. The molecule has 17 heavy (non-hydrogen) atoms. The van der Waals surface area contributed by atoms with E-state index in [4.69, 9.17) is 5.73 Å². The van der Waals surface area contributed by atoms with Crippen LogP contribution in [0.3, 0.4) is 0 Å². The summed E-state index contributed by atoms with van der Waals surface area (Å²) in [5.41, 5.74) is 7.73. The molecule has 5 nitrogen and oxygen atoms in total. The van der Waals surface area contributed by atoms with Crippen molar-refractivity contribution in [2.75, 3.05) is 5.73 Å². The minimum absolute atomic E-state index is 0.719. The average molecular weight is 243 g/mol. The third kappa shape index (κ3) is 1.83. The highest BCUT2D eigenvalue weighted by Gasteiger charge is 2.07. The molecule has 0 bridgehead atoms. The van der Waals surface area contributed by atoms with Gasteiger partial charge in [0.15, 0.2) is 5.16 Å². The molecule has 0 spiro atoms. The van der Waals surface area contributed by atoms with Gasteiger partial charge in [-0.1, -0.05) is 0 Å². The number of nitrogens with one attached hydrogen (secondary N) is 1. The molecule has 2 heterocycles. The number of nitrogens with zero attached hydrogens (tertiary/aromatic N) is 3. The fraction of sp³-hybridized carbons (Fsp3) is 0. The minimum atomic E-state index is 0.719. The lowest BCUT2D eigenvalue weighted by molar-refractivity contribution is 0.973. The zero-order valence-electron chi connectivity index (χ0n) is 8.79. The third-order valence-electron chi connectivity index (χ3n) is 2.39. The molecule has 3 N–H and O–H groups in total. The van der Waals surface area contributed by atoms with Gasteiger partial charge in [-0.2, -0.15) is 5.10 Å². The summed E-state index contributed by atoms with van der Waals surface area (Å²) in [5, 5.41) is 8.27. The quantitative estimate of drug-likeness (QED) is 0.673. The number of nitrogen functional groups attached to an aromatic ring is 1. The number of H-pyrrole nitrogens is 1. The van der Waals surface area contributed by atoms with Crippen molar-refractivity contribution in [3.8, 4) is 0 Å². The number of aromatic amines is 1. The lowest BCUT2D eigenvalue weighted by Gasteiger charge is -2.06. The number of nitrogens with two attached hydrogens (primary N) is 1. The van der Waals surface area contributed by atoms with E-state index in [1.165, 1.54) is 18.1 Å². The molecule has 0 aliphatic carbocycles. The Labute approximate surface area is 101 Å². The van der Waals surface area contributed by atoms with E-state index in [0.717, 1.165) is 26.6 Å². The van der Waals surface area contributed by atoms with Crippen molar-refractivity contribution in [3.63, 3.8) is 0 Å². The monoisotopic (exact) mass is 243 g/mol. The average Bonchev–Trinajstić information content (AvgIpc) is 2.86. The summed E-state index contributed by atoms with van der Waals surface area (Å²) in [6.07, 6.45) is 3.23. The third-order valence-corrected chi connectivity index (χ3v) is 3.35. The molecule has 0 saturated carbocycles. The summed E-state index contributed by atoms with van der Waals surface area (Å²) in [5.74, 6) is 0. The van der Waals surface area contributed by atoms with Crippen LogP contribution in [-0.2, 0) is 0 Å². The number of pyridine rings is 1. The van der Waals surface area contributed by atoms with E-state index in [2.05, 4.69) is 20.2 Å². The van der Waals surface area contributed by atoms with Gasteiger partial charge < -0.3 is 5.73 Å². The fourth-order valence-corrected chi connectivity index (χ4v) is 2.35. The summed E-state index contributed by atoms with van der Waals surface area (Å²) in [6.45, 7) is 0. The summed E-state index contributed by atoms with van der Waals surface area (Å²) < 4.78 is 0. The van der Waals surface area contributed by atoms with Crippen molar-refractivity contribution in [3.05, 3.63) is 36.8 Å². The number of hydrogen-bond donors (Lipinski definition) is 2. The van der Waals surface area contributed by atoms with Gasteiger partial charge in [0.1, 0.15) is 6.33 Å². The van der Waals surface area contributed by atoms with E-state index in [1.54, 1.807) is 6.20 Å². The molecule has 0 radical (unpaired) electrons. The maximum absolute atomic E-state index is 6.11. The molecule has 3 rings (SSSR count). The Kier molecular flexibility index (Phi) is 2.41. The Hall–Kier alpha value is -2.08. The van der Waals surface area contributed by atoms with Crippen molar-refractivity contribution in [2.45, 2.75) is 10.1 Å². The Morgan fingerprint density at radius 2 is 2.12 bits per heavy atom. The van der Waals surface area contributed by atoms with Gasteiger partial charge in [0.05, 0.1) is 11.2 Å². The molecule has 0 fully saturated rings. The van der Waals surface area contributed by atoms with Crippen LogP contribution in [0.4, 0.5) is 5.69 Å². The Morgan fingerprint density at radius 3 is 2.94 bits per heavy atom. The molecule has 0 aliphatic heterocycles. The van der Waals surface area contributed by atoms with Crippen molar-refractivity contribution >= 4 is 28.4 Å². The Balaban J connectivity index is 2.09. The molecule has 2 aromatic heterocycles. The molecule has 84 valence electrons. The Morgan fingerprint density at radius 1 is 1.18 bits per heavy atom. The molecular weight excluding hydrogens is 234 g/mol. The van der Waals surface area contributed by atoms with Crippen LogP contribution < -0.4 is 5.73 Å². The van der Waals surface area contributed by atoms with Crippen LogP contribution in [0.25, 0.3) is 10.9 Å². The van der Waals surface area contributed by atoms with Gasteiger partial charge in [-0.25, -0.2) is 4.98 Å². The maximum Gasteiger partial charge on any atom is 0.188 e. The zero-order valence-corrected chi connectivity index (χ0v) is 9.61. The highest BCUT2D eigenvalue weighted by molar-refractivity contribution is 7.99. The van der Waals surface area contributed by atoms with Crippen molar-refractivity contribution in [1.82, 2.24) is 20.2 Å². The fourth-order valence-electron chi connectivity index (χ4n) is 1.59. The number of anilines is 1. The van der Waals surface area contributed by atoms with Crippen molar-refractivity contribution < 1.29 is 0 Å². The number of aromatic nitrogens is 4. The van der Waals surface area contributed by atoms with Crippen LogP contribution >= 0.6 is 11.8 Å². The molecule has 3 aromatic rings. The van der Waals surface area contributed by atoms with Gasteiger partial charge in [-0.05, 0) is 36.0 Å². The number of hydrogen-bond acceptors (Lipinski definition) is 5. The lowest BCUT2D eigenvalue weighted by atomic mass is 10.2. The molecular formula is C11H9N5S. The van der Waals surface area contributed by atoms with E-state index >= 15 is 0 Å². The molecule has 0 atom stereocenters. The van der Waals surface area contributed by atoms with Crippen LogP contribution in [0, 0.1) is 0 Å². The minimum Gasteiger partial charge on any atom is -0.397 e. The first-order valence-electron chi connectivity index (χ1n) is 5.01. The predicted molar refractivity (Wildman–Crippen MR) is 66.7 cm³/mol. The smallest absolute Gasteiger partial charge is 0.188 e. The van der Waals surface area contributed by atoms with E-state index < -0.39 is 0 Å². The van der Waals surface area contributed by atoms with Crippen LogP contribution in [0.15, 0.2) is 46.8 Å². The van der Waals surface area contributed by atoms with Crippen LogP contribution in [0.1, 0.15) is 0 Å². The lowest BCUT2D eigenvalue weighted by Crippen LogP contribution is -1.92. The topological polar surface area (TPSA) is 80.5 Å². The largest absolute Gasteiger partial charge is 0.397 e. The van der Waals surface area contributed by atoms with Crippen LogP contribution in [0.5, 0.6) is 0 Å². The summed E-state index contributed by atoms with van der Waals surface area (Å²) in [7, 11) is 0. The first-order valence-corrected chi connectivity index (χ1v) is 5.82. The van der Waals surface area contributed by atoms with Crippen molar-refractivity contribution in [1.29, 1.82) is 0 Å². The molecule has 0 unspecified atom stereocenters. The molecule has 1 aromatic carbocycles. The van der Waals surface area contributed by atoms with E-state index in [1.807, 2.05) is 24.3 Å². The standard InChI is InChI=1S/C11H9N5S/c12-10-7-2-1-5-13-8(7)3-4-9(10)17-11-14-6-15-16-11/h1-6H,12H2,(H,14,15,16). The number of fused-ring (bicyclic) bond motifs is 1. The first kappa shape index (κ1) is 10.1. The van der Waals surface area contributed by atoms with Gasteiger partial charge in [-0.15, -0.1) is 0 Å². The SMILES string of the molecule is Nc1c(Sc2ncn[nH]2)ccc2ncccc12. The van der Waals surface area contributed by atoms with Crippen LogP contribution in [-0.4, -0.2) is 20.2 Å². The van der Waals surface area contributed by atoms with Gasteiger partial charge in [0, 0.05) is 16.5 Å². The summed E-state index contributed by atoms with van der Waals surface area (Å²) in [6, 6.07) is 7.73. The molecule has 0 saturated heterocycles. The second kappa shape index (κ2) is 4.06. The van der Waals surface area contributed by atoms with E-state index in [-0.39, 0.29) is 0 Å². The van der Waals surface area contributed by atoms with Gasteiger partial charge in [-0.3, -0.25) is 10.1 Å². The summed E-state index contributed by atoms with van der Waals surface area (Å²) in [4.78, 5) is 9.26. The van der Waals surface area contributed by atoms with Gasteiger partial charge in [0.25, 0.3) is 0 Å². The highest BCUT2D eigenvalue weighted by atomic mass is 32.2. The normalized spacial score (nSPS) is 10.8. The van der Waals surface area contributed by atoms with Crippen LogP contribution in [0.2, 0.25) is 0 Å².